The second kappa shape index (κ2) is 6.19. The zero-order valence-electron chi connectivity index (χ0n) is 10.4. The molecule has 1 aliphatic rings. The number of hydrogen-bond acceptors (Lipinski definition) is 3. The molecule has 6 heteroatoms. The van der Waals surface area contributed by atoms with Crippen molar-refractivity contribution >= 4 is 17.3 Å². The van der Waals surface area contributed by atoms with Crippen LogP contribution < -0.4 is 4.74 Å². The van der Waals surface area contributed by atoms with Gasteiger partial charge in [0.25, 0.3) is 0 Å². The van der Waals surface area contributed by atoms with Gasteiger partial charge in [0.1, 0.15) is 5.75 Å². The van der Waals surface area contributed by atoms with Crippen molar-refractivity contribution in [2.45, 2.75) is 32.1 Å². The van der Waals surface area contributed by atoms with E-state index in [9.17, 15) is 14.5 Å². The molecule has 1 aromatic carbocycles. The van der Waals surface area contributed by atoms with Crippen LogP contribution in [-0.2, 0) is 0 Å². The van der Waals surface area contributed by atoms with Gasteiger partial charge in [-0.15, -0.1) is 0 Å². The topological polar surface area (TPSA) is 52.4 Å². The minimum atomic E-state index is -0.944. The third-order valence-corrected chi connectivity index (χ3v) is 3.69. The van der Waals surface area contributed by atoms with Crippen LogP contribution in [0.5, 0.6) is 5.75 Å². The van der Waals surface area contributed by atoms with Gasteiger partial charge in [0, 0.05) is 6.07 Å². The summed E-state index contributed by atoms with van der Waals surface area (Å²) in [5.41, 5.74) is -0.608. The van der Waals surface area contributed by atoms with Gasteiger partial charge in [-0.25, -0.2) is 0 Å². The van der Waals surface area contributed by atoms with Gasteiger partial charge in [0.05, 0.1) is 22.6 Å². The summed E-state index contributed by atoms with van der Waals surface area (Å²) in [6.07, 6.45) is 5.82. The lowest BCUT2D eigenvalue weighted by Crippen LogP contribution is -2.15. The van der Waals surface area contributed by atoms with E-state index < -0.39 is 16.4 Å². The molecular weight excluding hydrogens is 273 g/mol. The predicted octanol–water partition coefficient (Wildman–Crippen LogP) is 4.35. The average molecular weight is 288 g/mol. The Labute approximate surface area is 115 Å². The summed E-state index contributed by atoms with van der Waals surface area (Å²) >= 11 is 5.84. The molecule has 0 atom stereocenters. The maximum absolute atomic E-state index is 13.3. The molecule has 1 aromatic rings. The first-order chi connectivity index (χ1) is 9.08. The van der Waals surface area contributed by atoms with Crippen LogP contribution >= 0.6 is 11.6 Å². The number of ether oxygens (including phenoxy) is 1. The van der Waals surface area contributed by atoms with Crippen molar-refractivity contribution in [3.63, 3.8) is 0 Å². The Bertz CT molecular complexity index is 475. The molecule has 0 radical (unpaired) electrons. The molecule has 19 heavy (non-hydrogen) atoms. The van der Waals surface area contributed by atoms with Gasteiger partial charge < -0.3 is 4.74 Å². The molecule has 1 aliphatic carbocycles. The van der Waals surface area contributed by atoms with E-state index in [0.717, 1.165) is 25.0 Å². The number of benzene rings is 1. The first-order valence-corrected chi connectivity index (χ1v) is 6.72. The van der Waals surface area contributed by atoms with E-state index >= 15 is 0 Å². The van der Waals surface area contributed by atoms with E-state index in [2.05, 4.69) is 0 Å². The summed E-state index contributed by atoms with van der Waals surface area (Å²) in [4.78, 5) is 9.88. The van der Waals surface area contributed by atoms with E-state index in [-0.39, 0.29) is 10.8 Å². The average Bonchev–Trinajstić information content (AvgIpc) is 2.38. The monoisotopic (exact) mass is 287 g/mol. The van der Waals surface area contributed by atoms with Crippen LogP contribution in [0.2, 0.25) is 5.02 Å². The lowest BCUT2D eigenvalue weighted by atomic mass is 9.90. The molecular formula is C13H15ClFNO3. The van der Waals surface area contributed by atoms with Gasteiger partial charge in [0.2, 0.25) is 5.82 Å². The highest BCUT2D eigenvalue weighted by Gasteiger charge is 2.20. The van der Waals surface area contributed by atoms with Crippen molar-refractivity contribution < 1.29 is 14.1 Å². The predicted molar refractivity (Wildman–Crippen MR) is 70.1 cm³/mol. The summed E-state index contributed by atoms with van der Waals surface area (Å²) in [7, 11) is 0. The summed E-state index contributed by atoms with van der Waals surface area (Å²) in [6, 6.07) is 1.98. The van der Waals surface area contributed by atoms with Gasteiger partial charge in [-0.1, -0.05) is 30.9 Å². The Kier molecular flexibility index (Phi) is 4.58. The van der Waals surface area contributed by atoms with Crippen molar-refractivity contribution in [2.24, 2.45) is 5.92 Å². The molecule has 0 unspecified atom stereocenters. The third-order valence-electron chi connectivity index (χ3n) is 3.40. The fourth-order valence-electron chi connectivity index (χ4n) is 2.33. The number of nitro benzene ring substituents is 1. The summed E-state index contributed by atoms with van der Waals surface area (Å²) < 4.78 is 18.8. The molecule has 0 heterocycles. The van der Waals surface area contributed by atoms with Gasteiger partial charge in [-0.05, 0) is 18.8 Å². The molecule has 0 amide bonds. The molecule has 0 aliphatic heterocycles. The maximum Gasteiger partial charge on any atom is 0.308 e. The van der Waals surface area contributed by atoms with Crippen LogP contribution in [0, 0.1) is 21.8 Å². The molecule has 0 spiro atoms. The molecule has 0 N–H and O–H groups in total. The number of nitro groups is 1. The molecule has 0 saturated heterocycles. The maximum atomic E-state index is 13.3. The zero-order chi connectivity index (χ0) is 13.8. The van der Waals surface area contributed by atoms with Crippen LogP contribution in [0.15, 0.2) is 12.1 Å². The first kappa shape index (κ1) is 14.1. The number of nitrogens with zero attached hydrogens (tertiary/aromatic N) is 1. The highest BCUT2D eigenvalue weighted by Crippen LogP contribution is 2.33. The lowest BCUT2D eigenvalue weighted by Gasteiger charge is -2.21. The van der Waals surface area contributed by atoms with Gasteiger partial charge in [0.15, 0.2) is 0 Å². The van der Waals surface area contributed by atoms with E-state index in [4.69, 9.17) is 16.3 Å². The second-order valence-corrected chi connectivity index (χ2v) is 5.21. The van der Waals surface area contributed by atoms with E-state index in [1.54, 1.807) is 0 Å². The van der Waals surface area contributed by atoms with Crippen LogP contribution in [-0.4, -0.2) is 11.5 Å². The van der Waals surface area contributed by atoms with Crippen molar-refractivity contribution in [1.82, 2.24) is 0 Å². The van der Waals surface area contributed by atoms with Gasteiger partial charge in [-0.3, -0.25) is 10.1 Å². The summed E-state index contributed by atoms with van der Waals surface area (Å²) in [6.45, 7) is 0.475. The van der Waals surface area contributed by atoms with Gasteiger partial charge in [-0.2, -0.15) is 4.39 Å². The Morgan fingerprint density at radius 3 is 2.68 bits per heavy atom. The molecule has 1 fully saturated rings. The molecule has 0 bridgehead atoms. The minimum Gasteiger partial charge on any atom is -0.491 e. The van der Waals surface area contributed by atoms with Crippen molar-refractivity contribution in [1.29, 1.82) is 0 Å². The van der Waals surface area contributed by atoms with Gasteiger partial charge >= 0.3 is 5.69 Å². The van der Waals surface area contributed by atoms with Crippen LogP contribution in [0.4, 0.5) is 10.1 Å². The quantitative estimate of drug-likeness (QED) is 0.611. The van der Waals surface area contributed by atoms with Crippen LogP contribution in [0.1, 0.15) is 32.1 Å². The molecule has 2 rings (SSSR count). The number of hydrogen-bond donors (Lipinski definition) is 0. The molecule has 104 valence electrons. The third kappa shape index (κ3) is 3.56. The highest BCUT2D eigenvalue weighted by molar-refractivity contribution is 6.32. The SMILES string of the molecule is O=[N+]([O-])c1cc(OCC2CCCCC2)c(Cl)cc1F. The summed E-state index contributed by atoms with van der Waals surface area (Å²) in [5.74, 6) is -0.311. The highest BCUT2D eigenvalue weighted by atomic mass is 35.5. The normalized spacial score (nSPS) is 16.3. The van der Waals surface area contributed by atoms with E-state index in [0.29, 0.717) is 12.5 Å². The van der Waals surface area contributed by atoms with Crippen molar-refractivity contribution in [2.75, 3.05) is 6.61 Å². The van der Waals surface area contributed by atoms with E-state index in [1.165, 1.54) is 19.3 Å². The molecule has 0 aromatic heterocycles. The van der Waals surface area contributed by atoms with Crippen LogP contribution in [0.3, 0.4) is 0 Å². The summed E-state index contributed by atoms with van der Waals surface area (Å²) in [5, 5.41) is 10.7. The first-order valence-electron chi connectivity index (χ1n) is 6.34. The fraction of sp³-hybridized carbons (Fsp3) is 0.538. The fourth-order valence-corrected chi connectivity index (χ4v) is 2.54. The second-order valence-electron chi connectivity index (χ2n) is 4.81. The molecule has 1 saturated carbocycles. The zero-order valence-corrected chi connectivity index (χ0v) is 11.2. The van der Waals surface area contributed by atoms with Crippen molar-refractivity contribution in [3.05, 3.63) is 33.1 Å². The Morgan fingerprint density at radius 1 is 1.37 bits per heavy atom. The number of halogens is 2. The number of rotatable bonds is 4. The Hall–Kier alpha value is -1.36. The molecule has 4 nitrogen and oxygen atoms in total. The van der Waals surface area contributed by atoms with Crippen molar-refractivity contribution in [3.8, 4) is 5.75 Å². The minimum absolute atomic E-state index is 0.0684. The largest absolute Gasteiger partial charge is 0.491 e. The Balaban J connectivity index is 2.06. The van der Waals surface area contributed by atoms with Crippen LogP contribution in [0.25, 0.3) is 0 Å². The lowest BCUT2D eigenvalue weighted by molar-refractivity contribution is -0.387. The van der Waals surface area contributed by atoms with E-state index in [1.807, 2.05) is 0 Å². The smallest absolute Gasteiger partial charge is 0.308 e. The Morgan fingerprint density at radius 2 is 2.05 bits per heavy atom. The standard InChI is InChI=1S/C13H15ClFNO3/c14-10-6-11(15)12(16(17)18)7-13(10)19-8-9-4-2-1-3-5-9/h6-7,9H,1-5,8H2.